The van der Waals surface area contributed by atoms with Crippen molar-refractivity contribution in [1.29, 1.82) is 0 Å². The van der Waals surface area contributed by atoms with Gasteiger partial charge in [0.05, 0.1) is 0 Å². The lowest BCUT2D eigenvalue weighted by Gasteiger charge is -2.18. The van der Waals surface area contributed by atoms with Crippen LogP contribution in [0.15, 0.2) is 48.5 Å². The molecule has 110 valence electrons. The summed E-state index contributed by atoms with van der Waals surface area (Å²) in [5.74, 6) is 0.0853. The largest absolute Gasteiger partial charge is 0.356 e. The van der Waals surface area contributed by atoms with Crippen LogP contribution in [0.25, 0.3) is 0 Å². The van der Waals surface area contributed by atoms with Gasteiger partial charge < -0.3 is 10.2 Å². The highest BCUT2D eigenvalue weighted by atomic mass is 16.2. The minimum absolute atomic E-state index is 0.0853. The third-order valence-corrected chi connectivity index (χ3v) is 3.49. The van der Waals surface area contributed by atoms with Crippen LogP contribution in [-0.4, -0.2) is 23.9 Å². The normalized spacial score (nSPS) is 10.2. The van der Waals surface area contributed by atoms with Crippen molar-refractivity contribution < 1.29 is 4.79 Å². The second-order valence-electron chi connectivity index (χ2n) is 5.05. The van der Waals surface area contributed by atoms with Gasteiger partial charge in [0.25, 0.3) is 5.91 Å². The van der Waals surface area contributed by atoms with Crippen LogP contribution in [0.5, 0.6) is 0 Å². The topological polar surface area (TPSA) is 32.3 Å². The summed E-state index contributed by atoms with van der Waals surface area (Å²) >= 11 is 0. The molecule has 0 spiro atoms. The van der Waals surface area contributed by atoms with Crippen LogP contribution < -0.4 is 5.32 Å². The predicted octanol–water partition coefficient (Wildman–Crippen LogP) is 4.22. The highest BCUT2D eigenvalue weighted by Gasteiger charge is 2.11. The van der Waals surface area contributed by atoms with Crippen molar-refractivity contribution in [3.05, 3.63) is 59.7 Å². The number of nitrogens with zero attached hydrogens (tertiary/aromatic N) is 1. The maximum atomic E-state index is 12.2. The van der Waals surface area contributed by atoms with E-state index in [1.807, 2.05) is 55.1 Å². The van der Waals surface area contributed by atoms with E-state index < -0.39 is 0 Å². The lowest BCUT2D eigenvalue weighted by atomic mass is 10.1. The summed E-state index contributed by atoms with van der Waals surface area (Å²) < 4.78 is 0. The first-order valence-corrected chi connectivity index (χ1v) is 7.37. The van der Waals surface area contributed by atoms with Crippen molar-refractivity contribution in [3.63, 3.8) is 0 Å². The average Bonchev–Trinajstić information content (AvgIpc) is 2.49. The Bertz CT molecular complexity index is 601. The summed E-state index contributed by atoms with van der Waals surface area (Å²) in [6, 6.07) is 15.8. The minimum Gasteiger partial charge on any atom is -0.356 e. The highest BCUT2D eigenvalue weighted by Crippen LogP contribution is 2.18. The second-order valence-corrected chi connectivity index (χ2v) is 5.05. The van der Waals surface area contributed by atoms with E-state index in [9.17, 15) is 4.79 Å². The van der Waals surface area contributed by atoms with Crippen LogP contribution in [0, 0.1) is 6.92 Å². The molecule has 0 aliphatic rings. The molecule has 0 unspecified atom stereocenters. The Hall–Kier alpha value is -2.29. The van der Waals surface area contributed by atoms with Crippen molar-refractivity contribution in [1.82, 2.24) is 4.90 Å². The predicted molar refractivity (Wildman–Crippen MR) is 88.2 cm³/mol. The first-order valence-electron chi connectivity index (χ1n) is 7.37. The van der Waals surface area contributed by atoms with E-state index in [0.717, 1.165) is 30.0 Å². The maximum absolute atomic E-state index is 12.2. The molecular formula is C18H22N2O. The van der Waals surface area contributed by atoms with E-state index in [1.165, 1.54) is 5.56 Å². The summed E-state index contributed by atoms with van der Waals surface area (Å²) in [7, 11) is 0. The van der Waals surface area contributed by atoms with Gasteiger partial charge in [-0.2, -0.15) is 0 Å². The number of hydrogen-bond acceptors (Lipinski definition) is 2. The number of hydrogen-bond donors (Lipinski definition) is 1. The summed E-state index contributed by atoms with van der Waals surface area (Å²) in [4.78, 5) is 14.0. The summed E-state index contributed by atoms with van der Waals surface area (Å²) in [6.45, 7) is 7.53. The van der Waals surface area contributed by atoms with Crippen molar-refractivity contribution in [3.8, 4) is 0 Å². The van der Waals surface area contributed by atoms with Gasteiger partial charge in [-0.15, -0.1) is 0 Å². The Morgan fingerprint density at radius 1 is 1.00 bits per heavy atom. The van der Waals surface area contributed by atoms with Gasteiger partial charge >= 0.3 is 0 Å². The zero-order valence-corrected chi connectivity index (χ0v) is 12.9. The molecule has 3 heteroatoms. The summed E-state index contributed by atoms with van der Waals surface area (Å²) in [5, 5.41) is 3.34. The van der Waals surface area contributed by atoms with E-state index in [-0.39, 0.29) is 5.91 Å². The zero-order chi connectivity index (χ0) is 15.2. The average molecular weight is 282 g/mol. The quantitative estimate of drug-likeness (QED) is 0.890. The van der Waals surface area contributed by atoms with Gasteiger partial charge in [-0.25, -0.2) is 0 Å². The minimum atomic E-state index is 0.0853. The van der Waals surface area contributed by atoms with E-state index in [4.69, 9.17) is 0 Å². The van der Waals surface area contributed by atoms with Crippen molar-refractivity contribution in [2.45, 2.75) is 20.8 Å². The molecular weight excluding hydrogens is 260 g/mol. The first kappa shape index (κ1) is 15.1. The van der Waals surface area contributed by atoms with Gasteiger partial charge in [-0.3, -0.25) is 4.79 Å². The van der Waals surface area contributed by atoms with Gasteiger partial charge in [0.1, 0.15) is 0 Å². The van der Waals surface area contributed by atoms with E-state index in [1.54, 1.807) is 0 Å². The Morgan fingerprint density at radius 2 is 1.67 bits per heavy atom. The Labute approximate surface area is 126 Å². The molecule has 2 rings (SSSR count). The van der Waals surface area contributed by atoms with Crippen molar-refractivity contribution in [2.24, 2.45) is 0 Å². The molecule has 21 heavy (non-hydrogen) atoms. The standard InChI is InChI=1S/C18H22N2O/c1-4-20(5-2)18(21)15-9-11-16(12-10-15)19-17-8-6-7-14(3)13-17/h6-13,19H,4-5H2,1-3H3. The van der Waals surface area contributed by atoms with Gasteiger partial charge in [-0.05, 0) is 62.7 Å². The lowest BCUT2D eigenvalue weighted by Crippen LogP contribution is -2.30. The van der Waals surface area contributed by atoms with Crippen molar-refractivity contribution in [2.75, 3.05) is 18.4 Å². The van der Waals surface area contributed by atoms with Crippen LogP contribution in [0.2, 0.25) is 0 Å². The third kappa shape index (κ3) is 3.85. The fourth-order valence-electron chi connectivity index (χ4n) is 2.28. The van der Waals surface area contributed by atoms with Crippen LogP contribution >= 0.6 is 0 Å². The van der Waals surface area contributed by atoms with E-state index in [0.29, 0.717) is 0 Å². The van der Waals surface area contributed by atoms with Gasteiger partial charge in [0.2, 0.25) is 0 Å². The molecule has 2 aromatic carbocycles. The monoisotopic (exact) mass is 282 g/mol. The molecule has 0 aliphatic heterocycles. The number of aryl methyl sites for hydroxylation is 1. The molecule has 1 amide bonds. The molecule has 2 aromatic rings. The van der Waals surface area contributed by atoms with Crippen LogP contribution in [-0.2, 0) is 0 Å². The number of benzene rings is 2. The lowest BCUT2D eigenvalue weighted by molar-refractivity contribution is 0.0773. The Morgan fingerprint density at radius 3 is 2.24 bits per heavy atom. The molecule has 0 radical (unpaired) electrons. The van der Waals surface area contributed by atoms with Crippen molar-refractivity contribution >= 4 is 17.3 Å². The van der Waals surface area contributed by atoms with E-state index >= 15 is 0 Å². The molecule has 0 heterocycles. The molecule has 0 bridgehead atoms. The Kier molecular flexibility index (Phi) is 4.99. The molecule has 3 nitrogen and oxygen atoms in total. The Balaban J connectivity index is 2.10. The van der Waals surface area contributed by atoms with Gasteiger partial charge in [0, 0.05) is 30.0 Å². The number of anilines is 2. The smallest absolute Gasteiger partial charge is 0.253 e. The molecule has 0 aromatic heterocycles. The SMILES string of the molecule is CCN(CC)C(=O)c1ccc(Nc2cccc(C)c2)cc1. The maximum Gasteiger partial charge on any atom is 0.253 e. The molecule has 0 fully saturated rings. The number of amides is 1. The van der Waals surface area contributed by atoms with Crippen LogP contribution in [0.4, 0.5) is 11.4 Å². The summed E-state index contributed by atoms with van der Waals surface area (Å²) in [5.41, 5.74) is 3.98. The van der Waals surface area contributed by atoms with E-state index in [2.05, 4.69) is 24.4 Å². The molecule has 0 atom stereocenters. The third-order valence-electron chi connectivity index (χ3n) is 3.49. The van der Waals surface area contributed by atoms with Gasteiger partial charge in [-0.1, -0.05) is 12.1 Å². The number of carbonyl (C=O) groups is 1. The molecule has 0 saturated heterocycles. The van der Waals surface area contributed by atoms with Crippen LogP contribution in [0.1, 0.15) is 29.8 Å². The molecule has 0 aliphatic carbocycles. The number of nitrogens with one attached hydrogen (secondary N) is 1. The highest BCUT2D eigenvalue weighted by molar-refractivity contribution is 5.94. The first-order chi connectivity index (χ1) is 10.1. The zero-order valence-electron chi connectivity index (χ0n) is 12.9. The van der Waals surface area contributed by atoms with Crippen LogP contribution in [0.3, 0.4) is 0 Å². The molecule has 0 saturated carbocycles. The fraction of sp³-hybridized carbons (Fsp3) is 0.278. The fourth-order valence-corrected chi connectivity index (χ4v) is 2.28. The second kappa shape index (κ2) is 6.93. The molecule has 1 N–H and O–H groups in total. The number of rotatable bonds is 5. The number of carbonyl (C=O) groups excluding carboxylic acids is 1. The van der Waals surface area contributed by atoms with Gasteiger partial charge in [0.15, 0.2) is 0 Å². The summed E-state index contributed by atoms with van der Waals surface area (Å²) in [6.07, 6.45) is 0.